The van der Waals surface area contributed by atoms with Crippen LogP contribution < -0.4 is 5.32 Å². The van der Waals surface area contributed by atoms with Crippen LogP contribution in [0.15, 0.2) is 18.2 Å². The third-order valence-electron chi connectivity index (χ3n) is 2.76. The zero-order chi connectivity index (χ0) is 12.8. The maximum Gasteiger partial charge on any atom is 0.142 e. The Hall–Kier alpha value is -0.640. The van der Waals surface area contributed by atoms with Crippen molar-refractivity contribution in [2.24, 2.45) is 0 Å². The number of halogens is 2. The molecular formula is C13H20ClFN2. The second-order valence-electron chi connectivity index (χ2n) is 4.39. The Morgan fingerprint density at radius 3 is 2.76 bits per heavy atom. The average molecular weight is 259 g/mol. The summed E-state index contributed by atoms with van der Waals surface area (Å²) in [6.45, 7) is 6.92. The summed E-state index contributed by atoms with van der Waals surface area (Å²) < 4.78 is 13.2. The molecule has 0 aromatic heterocycles. The minimum absolute atomic E-state index is 0.174. The van der Waals surface area contributed by atoms with Crippen LogP contribution in [0.5, 0.6) is 0 Å². The highest BCUT2D eigenvalue weighted by molar-refractivity contribution is 6.30. The quantitative estimate of drug-likeness (QED) is 0.844. The van der Waals surface area contributed by atoms with E-state index in [0.717, 1.165) is 18.7 Å². The van der Waals surface area contributed by atoms with Gasteiger partial charge < -0.3 is 10.2 Å². The van der Waals surface area contributed by atoms with Gasteiger partial charge in [0.1, 0.15) is 5.82 Å². The fourth-order valence-electron chi connectivity index (χ4n) is 1.60. The maximum absolute atomic E-state index is 13.2. The molecule has 0 amide bonds. The molecule has 0 bridgehead atoms. The van der Waals surface area contributed by atoms with Gasteiger partial charge in [-0.1, -0.05) is 24.6 Å². The van der Waals surface area contributed by atoms with E-state index in [9.17, 15) is 4.39 Å². The fourth-order valence-corrected chi connectivity index (χ4v) is 1.72. The van der Waals surface area contributed by atoms with Gasteiger partial charge in [0.05, 0.1) is 5.02 Å². The van der Waals surface area contributed by atoms with Gasteiger partial charge in [0.25, 0.3) is 0 Å². The van der Waals surface area contributed by atoms with Crippen LogP contribution in [0.25, 0.3) is 0 Å². The van der Waals surface area contributed by atoms with Crippen LogP contribution in [0.4, 0.5) is 4.39 Å². The third kappa shape index (κ3) is 5.02. The van der Waals surface area contributed by atoms with Crippen molar-refractivity contribution in [3.05, 3.63) is 34.6 Å². The van der Waals surface area contributed by atoms with Crippen molar-refractivity contribution in [3.63, 3.8) is 0 Å². The molecule has 0 fully saturated rings. The van der Waals surface area contributed by atoms with E-state index >= 15 is 0 Å². The molecule has 0 aliphatic rings. The summed E-state index contributed by atoms with van der Waals surface area (Å²) in [5.41, 5.74) is 0.915. The molecule has 1 aromatic carbocycles. The lowest BCUT2D eigenvalue weighted by atomic mass is 10.2. The first kappa shape index (κ1) is 14.4. The van der Waals surface area contributed by atoms with Gasteiger partial charge in [-0.25, -0.2) is 4.39 Å². The summed E-state index contributed by atoms with van der Waals surface area (Å²) in [5.74, 6) is -0.357. The summed E-state index contributed by atoms with van der Waals surface area (Å²) in [4.78, 5) is 2.24. The molecule has 0 aliphatic heterocycles. The molecule has 4 heteroatoms. The molecule has 0 heterocycles. The van der Waals surface area contributed by atoms with Gasteiger partial charge in [0.2, 0.25) is 0 Å². The van der Waals surface area contributed by atoms with E-state index in [2.05, 4.69) is 31.1 Å². The molecule has 1 unspecified atom stereocenters. The van der Waals surface area contributed by atoms with Gasteiger partial charge in [-0.3, -0.25) is 0 Å². The van der Waals surface area contributed by atoms with E-state index < -0.39 is 0 Å². The Bertz CT molecular complexity index is 357. The predicted octanol–water partition coefficient (Wildman–Crippen LogP) is 2.91. The first-order valence-corrected chi connectivity index (χ1v) is 6.26. The lowest BCUT2D eigenvalue weighted by Crippen LogP contribution is -2.36. The molecule has 0 saturated heterocycles. The normalized spacial score (nSPS) is 13.1. The van der Waals surface area contributed by atoms with Crippen molar-refractivity contribution in [1.82, 2.24) is 10.2 Å². The van der Waals surface area contributed by atoms with Crippen LogP contribution in [0, 0.1) is 5.82 Å². The van der Waals surface area contributed by atoms with E-state index in [1.807, 2.05) is 6.07 Å². The summed E-state index contributed by atoms with van der Waals surface area (Å²) in [5, 5.41) is 3.53. The highest BCUT2D eigenvalue weighted by Crippen LogP contribution is 2.15. The van der Waals surface area contributed by atoms with E-state index in [1.54, 1.807) is 6.07 Å². The molecule has 17 heavy (non-hydrogen) atoms. The SMILES string of the molecule is CCN(C)CC(C)NCc1ccc(Cl)c(F)c1. The lowest BCUT2D eigenvalue weighted by Gasteiger charge is -2.20. The van der Waals surface area contributed by atoms with Gasteiger partial charge in [0.15, 0.2) is 0 Å². The first-order chi connectivity index (χ1) is 8.02. The molecule has 0 aliphatic carbocycles. The molecule has 96 valence electrons. The number of hydrogen-bond donors (Lipinski definition) is 1. The van der Waals surface area contributed by atoms with Crippen LogP contribution in [0.3, 0.4) is 0 Å². The van der Waals surface area contributed by atoms with E-state index in [0.29, 0.717) is 12.6 Å². The Labute approximate surface area is 108 Å². The van der Waals surface area contributed by atoms with Crippen LogP contribution >= 0.6 is 11.6 Å². The van der Waals surface area contributed by atoms with Crippen LogP contribution in [0.1, 0.15) is 19.4 Å². The lowest BCUT2D eigenvalue weighted by molar-refractivity contribution is 0.309. The zero-order valence-electron chi connectivity index (χ0n) is 10.6. The van der Waals surface area contributed by atoms with Gasteiger partial charge in [-0.2, -0.15) is 0 Å². The van der Waals surface area contributed by atoms with Crippen LogP contribution in [-0.4, -0.2) is 31.1 Å². The molecule has 1 atom stereocenters. The summed E-state index contributed by atoms with van der Waals surface area (Å²) in [6, 6.07) is 5.29. The second-order valence-corrected chi connectivity index (χ2v) is 4.79. The van der Waals surface area contributed by atoms with E-state index in [-0.39, 0.29) is 10.8 Å². The fraction of sp³-hybridized carbons (Fsp3) is 0.538. The third-order valence-corrected chi connectivity index (χ3v) is 3.07. The molecule has 1 N–H and O–H groups in total. The molecular weight excluding hydrogens is 239 g/mol. The Morgan fingerprint density at radius 2 is 2.18 bits per heavy atom. The van der Waals surface area contributed by atoms with Crippen molar-refractivity contribution in [2.45, 2.75) is 26.4 Å². The van der Waals surface area contributed by atoms with E-state index in [4.69, 9.17) is 11.6 Å². The second kappa shape index (κ2) is 6.94. The number of nitrogens with zero attached hydrogens (tertiary/aromatic N) is 1. The van der Waals surface area contributed by atoms with Crippen molar-refractivity contribution < 1.29 is 4.39 Å². The van der Waals surface area contributed by atoms with Crippen molar-refractivity contribution >= 4 is 11.6 Å². The van der Waals surface area contributed by atoms with Crippen LogP contribution in [-0.2, 0) is 6.54 Å². The largest absolute Gasteiger partial charge is 0.309 e. The number of hydrogen-bond acceptors (Lipinski definition) is 2. The number of benzene rings is 1. The highest BCUT2D eigenvalue weighted by Gasteiger charge is 2.05. The molecule has 1 aromatic rings. The first-order valence-electron chi connectivity index (χ1n) is 5.88. The summed E-state index contributed by atoms with van der Waals surface area (Å²) in [7, 11) is 2.08. The average Bonchev–Trinajstić information content (AvgIpc) is 2.30. The topological polar surface area (TPSA) is 15.3 Å². The molecule has 0 radical (unpaired) electrons. The van der Waals surface area contributed by atoms with Gasteiger partial charge >= 0.3 is 0 Å². The highest BCUT2D eigenvalue weighted by atomic mass is 35.5. The Balaban J connectivity index is 2.42. The summed E-state index contributed by atoms with van der Waals surface area (Å²) in [6.07, 6.45) is 0. The van der Waals surface area contributed by atoms with E-state index in [1.165, 1.54) is 6.07 Å². The monoisotopic (exact) mass is 258 g/mol. The van der Waals surface area contributed by atoms with Crippen LogP contribution in [0.2, 0.25) is 5.02 Å². The number of likely N-dealkylation sites (N-methyl/N-ethyl adjacent to an activating group) is 1. The van der Waals surface area contributed by atoms with Crippen molar-refractivity contribution in [3.8, 4) is 0 Å². The van der Waals surface area contributed by atoms with Crippen molar-refractivity contribution in [1.29, 1.82) is 0 Å². The minimum atomic E-state index is -0.357. The standard InChI is InChI=1S/C13H20ClFN2/c1-4-17(3)9-10(2)16-8-11-5-6-12(14)13(15)7-11/h5-7,10,16H,4,8-9H2,1-3H3. The van der Waals surface area contributed by atoms with Gasteiger partial charge in [0, 0.05) is 19.1 Å². The smallest absolute Gasteiger partial charge is 0.142 e. The number of nitrogens with one attached hydrogen (secondary N) is 1. The van der Waals surface area contributed by atoms with Gasteiger partial charge in [-0.05, 0) is 38.2 Å². The van der Waals surface area contributed by atoms with Crippen molar-refractivity contribution in [2.75, 3.05) is 20.1 Å². The Morgan fingerprint density at radius 1 is 1.47 bits per heavy atom. The number of rotatable bonds is 6. The Kier molecular flexibility index (Phi) is 5.89. The maximum atomic E-state index is 13.2. The molecule has 0 spiro atoms. The molecule has 1 rings (SSSR count). The van der Waals surface area contributed by atoms with Gasteiger partial charge in [-0.15, -0.1) is 0 Å². The minimum Gasteiger partial charge on any atom is -0.309 e. The zero-order valence-corrected chi connectivity index (χ0v) is 11.4. The molecule has 0 saturated carbocycles. The summed E-state index contributed by atoms with van der Waals surface area (Å²) >= 11 is 5.63. The molecule has 2 nitrogen and oxygen atoms in total. The predicted molar refractivity (Wildman–Crippen MR) is 70.9 cm³/mol.